The Bertz CT molecular complexity index is 990. The Morgan fingerprint density at radius 2 is 1.90 bits per heavy atom. The van der Waals surface area contributed by atoms with Crippen LogP contribution in [0.3, 0.4) is 0 Å². The number of amides is 1. The topological polar surface area (TPSA) is 91.8 Å². The normalized spacial score (nSPS) is 14.9. The van der Waals surface area contributed by atoms with Crippen LogP contribution < -0.4 is 10.2 Å². The first-order chi connectivity index (χ1) is 14.3. The summed E-state index contributed by atoms with van der Waals surface area (Å²) in [5, 5.41) is 3.34. The number of ether oxygens (including phenoxy) is 1. The minimum Gasteiger partial charge on any atom is -0.378 e. The molecule has 1 fully saturated rings. The molecule has 164 valence electrons. The molecule has 0 unspecified atom stereocenters. The number of carbonyl (C=O) groups excluding carboxylic acids is 1. The van der Waals surface area contributed by atoms with Crippen molar-refractivity contribution in [3.63, 3.8) is 0 Å². The van der Waals surface area contributed by atoms with E-state index < -0.39 is 10.0 Å². The SMILES string of the molecule is CCN(CC)S(=O)(=O)c1ccc(N2CCOCC2)c(C(=O)Nc2nc(C)c(C)s2)c1. The number of rotatable bonds is 7. The smallest absolute Gasteiger partial charge is 0.259 e. The van der Waals surface area contributed by atoms with E-state index in [2.05, 4.69) is 10.3 Å². The molecule has 8 nitrogen and oxygen atoms in total. The van der Waals surface area contributed by atoms with Crippen molar-refractivity contribution in [2.75, 3.05) is 49.6 Å². The molecule has 1 aromatic heterocycles. The van der Waals surface area contributed by atoms with Crippen LogP contribution in [0.4, 0.5) is 10.8 Å². The van der Waals surface area contributed by atoms with Gasteiger partial charge in [-0.2, -0.15) is 4.31 Å². The zero-order valence-electron chi connectivity index (χ0n) is 17.8. The number of nitrogens with one attached hydrogen (secondary N) is 1. The molecule has 2 aromatic rings. The molecule has 10 heteroatoms. The summed E-state index contributed by atoms with van der Waals surface area (Å²) in [5.41, 5.74) is 1.87. The van der Waals surface area contributed by atoms with E-state index in [0.717, 1.165) is 10.6 Å². The number of sulfonamides is 1. The first-order valence-electron chi connectivity index (χ1n) is 10.00. The average Bonchev–Trinajstić information content (AvgIpc) is 3.05. The van der Waals surface area contributed by atoms with Crippen LogP contribution in [0, 0.1) is 13.8 Å². The Hall–Kier alpha value is -2.01. The van der Waals surface area contributed by atoms with E-state index in [4.69, 9.17) is 4.74 Å². The maximum atomic E-state index is 13.2. The van der Waals surface area contributed by atoms with Crippen molar-refractivity contribution in [1.29, 1.82) is 0 Å². The van der Waals surface area contributed by atoms with Crippen molar-refractivity contribution in [2.24, 2.45) is 0 Å². The van der Waals surface area contributed by atoms with Crippen molar-refractivity contribution in [3.8, 4) is 0 Å². The summed E-state index contributed by atoms with van der Waals surface area (Å²) in [6, 6.07) is 4.77. The zero-order valence-corrected chi connectivity index (χ0v) is 19.4. The van der Waals surface area contributed by atoms with Gasteiger partial charge in [0.25, 0.3) is 5.91 Å². The Labute approximate surface area is 181 Å². The van der Waals surface area contributed by atoms with Gasteiger partial charge in [0.1, 0.15) is 0 Å². The zero-order chi connectivity index (χ0) is 21.9. The molecule has 1 amide bonds. The summed E-state index contributed by atoms with van der Waals surface area (Å²) in [4.78, 5) is 20.7. The molecule has 30 heavy (non-hydrogen) atoms. The van der Waals surface area contributed by atoms with E-state index in [9.17, 15) is 13.2 Å². The van der Waals surface area contributed by atoms with Gasteiger partial charge in [-0.3, -0.25) is 10.1 Å². The molecule has 1 N–H and O–H groups in total. The van der Waals surface area contributed by atoms with Gasteiger partial charge in [0.2, 0.25) is 10.0 Å². The molecule has 0 radical (unpaired) electrons. The van der Waals surface area contributed by atoms with Gasteiger partial charge in [-0.15, -0.1) is 11.3 Å². The highest BCUT2D eigenvalue weighted by molar-refractivity contribution is 7.89. The summed E-state index contributed by atoms with van der Waals surface area (Å²) >= 11 is 1.40. The fourth-order valence-corrected chi connectivity index (χ4v) is 5.64. The third-order valence-electron chi connectivity index (χ3n) is 5.16. The first-order valence-corrected chi connectivity index (χ1v) is 12.3. The van der Waals surface area contributed by atoms with E-state index in [-0.39, 0.29) is 10.8 Å². The van der Waals surface area contributed by atoms with Crippen LogP contribution in [0.15, 0.2) is 23.1 Å². The van der Waals surface area contributed by atoms with Crippen LogP contribution >= 0.6 is 11.3 Å². The van der Waals surface area contributed by atoms with E-state index in [1.165, 1.54) is 21.7 Å². The second kappa shape index (κ2) is 9.42. The number of hydrogen-bond acceptors (Lipinski definition) is 7. The van der Waals surface area contributed by atoms with Gasteiger partial charge < -0.3 is 9.64 Å². The van der Waals surface area contributed by atoms with Gasteiger partial charge in [0, 0.05) is 36.7 Å². The van der Waals surface area contributed by atoms with E-state index >= 15 is 0 Å². The highest BCUT2D eigenvalue weighted by atomic mass is 32.2. The average molecular weight is 453 g/mol. The van der Waals surface area contributed by atoms with Gasteiger partial charge in [-0.05, 0) is 32.0 Å². The van der Waals surface area contributed by atoms with E-state index in [1.54, 1.807) is 26.0 Å². The minimum absolute atomic E-state index is 0.111. The Balaban J connectivity index is 2.02. The maximum Gasteiger partial charge on any atom is 0.259 e. The van der Waals surface area contributed by atoms with Gasteiger partial charge in [-0.1, -0.05) is 13.8 Å². The van der Waals surface area contributed by atoms with E-state index in [0.29, 0.717) is 55.8 Å². The Morgan fingerprint density at radius 1 is 1.23 bits per heavy atom. The molecule has 1 aliphatic rings. The summed E-state index contributed by atoms with van der Waals surface area (Å²) in [7, 11) is -3.68. The molecule has 0 bridgehead atoms. The molecular formula is C20H28N4O4S2. The molecule has 0 atom stereocenters. The van der Waals surface area contributed by atoms with Crippen molar-refractivity contribution < 1.29 is 17.9 Å². The van der Waals surface area contributed by atoms with Gasteiger partial charge in [0.15, 0.2) is 5.13 Å². The van der Waals surface area contributed by atoms with Crippen molar-refractivity contribution in [1.82, 2.24) is 9.29 Å². The molecule has 2 heterocycles. The second-order valence-corrected chi connectivity index (χ2v) is 10.1. The summed E-state index contributed by atoms with van der Waals surface area (Å²) in [5.74, 6) is -0.373. The number of thiazole rings is 1. The predicted octanol–water partition coefficient (Wildman–Crippen LogP) is 2.88. The van der Waals surface area contributed by atoms with E-state index in [1.807, 2.05) is 18.7 Å². The van der Waals surface area contributed by atoms with Gasteiger partial charge >= 0.3 is 0 Å². The summed E-state index contributed by atoms with van der Waals surface area (Å²) in [6.45, 7) is 10.5. The molecule has 0 saturated carbocycles. The van der Waals surface area contributed by atoms with Gasteiger partial charge in [-0.25, -0.2) is 13.4 Å². The summed E-state index contributed by atoms with van der Waals surface area (Å²) < 4.78 is 32.8. The lowest BCUT2D eigenvalue weighted by Gasteiger charge is -2.30. The van der Waals surface area contributed by atoms with Gasteiger partial charge in [0.05, 0.1) is 29.4 Å². The molecule has 0 aliphatic carbocycles. The van der Waals surface area contributed by atoms with Crippen LogP contribution in [0.5, 0.6) is 0 Å². The number of benzene rings is 1. The maximum absolute atomic E-state index is 13.2. The van der Waals surface area contributed by atoms with Crippen molar-refractivity contribution in [2.45, 2.75) is 32.6 Å². The molecule has 0 spiro atoms. The van der Waals surface area contributed by atoms with Crippen molar-refractivity contribution in [3.05, 3.63) is 34.3 Å². The molecule has 1 aliphatic heterocycles. The monoisotopic (exact) mass is 452 g/mol. The molecular weight excluding hydrogens is 424 g/mol. The predicted molar refractivity (Wildman–Crippen MR) is 119 cm³/mol. The van der Waals surface area contributed by atoms with Crippen LogP contribution in [0.25, 0.3) is 0 Å². The fraction of sp³-hybridized carbons (Fsp3) is 0.500. The number of nitrogens with zero attached hydrogens (tertiary/aromatic N) is 3. The number of morpholine rings is 1. The Morgan fingerprint density at radius 3 is 2.47 bits per heavy atom. The summed E-state index contributed by atoms with van der Waals surface area (Å²) in [6.07, 6.45) is 0. The quantitative estimate of drug-likeness (QED) is 0.695. The van der Waals surface area contributed by atoms with Crippen molar-refractivity contribution >= 4 is 38.1 Å². The van der Waals surface area contributed by atoms with Crippen LogP contribution in [0.1, 0.15) is 34.8 Å². The Kier molecular flexibility index (Phi) is 7.12. The highest BCUT2D eigenvalue weighted by Crippen LogP contribution is 2.29. The highest BCUT2D eigenvalue weighted by Gasteiger charge is 2.26. The molecule has 3 rings (SSSR count). The van der Waals surface area contributed by atoms with Crippen LogP contribution in [0.2, 0.25) is 0 Å². The molecule has 1 saturated heterocycles. The number of anilines is 2. The number of carbonyl (C=O) groups is 1. The fourth-order valence-electron chi connectivity index (χ4n) is 3.34. The standard InChI is InChI=1S/C20H28N4O4S2/c1-5-24(6-2)30(26,27)16-7-8-18(23-9-11-28-12-10-23)17(13-16)19(25)22-20-21-14(3)15(4)29-20/h7-8,13H,5-6,9-12H2,1-4H3,(H,21,22,25). The minimum atomic E-state index is -3.68. The lowest BCUT2D eigenvalue weighted by atomic mass is 10.1. The van der Waals surface area contributed by atoms with Crippen LogP contribution in [-0.2, 0) is 14.8 Å². The first kappa shape index (κ1) is 22.7. The van der Waals surface area contributed by atoms with Crippen LogP contribution in [-0.4, -0.2) is 63.0 Å². The largest absolute Gasteiger partial charge is 0.378 e. The second-order valence-electron chi connectivity index (χ2n) is 6.98. The third kappa shape index (κ3) is 4.66. The lowest BCUT2D eigenvalue weighted by Crippen LogP contribution is -2.37. The molecule has 1 aromatic carbocycles. The number of aromatic nitrogens is 1. The third-order valence-corrected chi connectivity index (χ3v) is 8.19. The number of hydrogen-bond donors (Lipinski definition) is 1. The number of aryl methyl sites for hydroxylation is 2. The lowest BCUT2D eigenvalue weighted by molar-refractivity contribution is 0.102.